The van der Waals surface area contributed by atoms with Crippen LogP contribution in [0.3, 0.4) is 0 Å². The monoisotopic (exact) mass is 804 g/mol. The van der Waals surface area contributed by atoms with Gasteiger partial charge >= 0.3 is 0 Å². The van der Waals surface area contributed by atoms with Crippen molar-refractivity contribution in [3.8, 4) is 11.5 Å². The highest BCUT2D eigenvalue weighted by molar-refractivity contribution is 6.30. The lowest BCUT2D eigenvalue weighted by molar-refractivity contribution is -0.236. The number of hydrogen-bond donors (Lipinski definition) is 7. The van der Waals surface area contributed by atoms with Crippen molar-refractivity contribution < 1.29 is 72.8 Å². The number of nitrogens with one attached hydrogen (secondary N) is 2. The molecule has 0 radical (unpaired) electrons. The van der Waals surface area contributed by atoms with Gasteiger partial charge in [-0.3, -0.25) is 24.0 Å². The van der Waals surface area contributed by atoms with Crippen LogP contribution < -0.4 is 10.6 Å². The van der Waals surface area contributed by atoms with E-state index in [2.05, 4.69) is 10.6 Å². The zero-order valence-electron chi connectivity index (χ0n) is 31.9. The molecule has 7 N–H and O–H groups in total. The molecule has 3 aromatic carbocycles. The van der Waals surface area contributed by atoms with Gasteiger partial charge in [-0.15, -0.1) is 0 Å². The predicted octanol–water partition coefficient (Wildman–Crippen LogP) is 0.961. The highest BCUT2D eigenvalue weighted by Crippen LogP contribution is 2.56. The molecule has 17 heteroatoms. The molecular weight excluding hydrogens is 763 g/mol. The van der Waals surface area contributed by atoms with Crippen molar-refractivity contribution in [2.45, 2.75) is 81.2 Å². The number of phenolic OH excluding ortho intramolecular Hbond substituents is 2. The largest absolute Gasteiger partial charge is 0.507 e. The fraction of sp³-hybridized carbons (Fsp3) is 0.390. The summed E-state index contributed by atoms with van der Waals surface area (Å²) >= 11 is 0. The van der Waals surface area contributed by atoms with Gasteiger partial charge in [0.15, 0.2) is 23.2 Å². The predicted molar refractivity (Wildman–Crippen MR) is 197 cm³/mol. The van der Waals surface area contributed by atoms with Crippen LogP contribution in [0.4, 0.5) is 4.39 Å². The van der Waals surface area contributed by atoms with E-state index in [9.17, 15) is 53.9 Å². The molecule has 4 aliphatic rings. The minimum absolute atomic E-state index is 0.00795. The molecule has 0 saturated carbocycles. The third-order valence-corrected chi connectivity index (χ3v) is 11.6. The van der Waals surface area contributed by atoms with Crippen LogP contribution in [0, 0.1) is 12.7 Å². The fourth-order valence-corrected chi connectivity index (χ4v) is 8.78. The van der Waals surface area contributed by atoms with E-state index in [1.165, 1.54) is 44.6 Å². The number of fused-ring (bicyclic) bond motifs is 5. The first-order valence-electron chi connectivity index (χ1n) is 18.2. The molecule has 0 spiro atoms. The molecule has 7 rings (SSSR count). The van der Waals surface area contributed by atoms with Crippen LogP contribution in [0.5, 0.6) is 11.5 Å². The van der Waals surface area contributed by atoms with Gasteiger partial charge < -0.3 is 55.1 Å². The van der Waals surface area contributed by atoms with Crippen molar-refractivity contribution in [2.24, 2.45) is 0 Å². The average molecular weight is 805 g/mol. The van der Waals surface area contributed by atoms with E-state index in [1.807, 2.05) is 0 Å². The van der Waals surface area contributed by atoms with Crippen LogP contribution in [-0.2, 0) is 48.7 Å². The molecule has 1 aliphatic heterocycles. The number of hydrogen-bond acceptors (Lipinski definition) is 15. The number of carbonyl (C=O) groups is 5. The Morgan fingerprint density at radius 3 is 2.26 bits per heavy atom. The molecule has 0 bridgehead atoms. The Labute approximate surface area is 330 Å². The molecule has 306 valence electrons. The standard InChI is InChI=1S/C41H41FN2O14/c1-16-10-19-11-26(46)41(57-5)38(53)29-23(37(52)40(41,54)30(19)32(49)21(16)13-27(47)43-15-18-6-8-20(42)9-7-18)12-22-28(33(29)50)25(45)14-24(31(22)48)44-39-36(56-4)34(51)35(55-3)17(2)58-39/h6-10,12,14,17,26,34-36,39,44,46,49-51,54H,11,13,15H2,1-5H3,(H,43,47)/t17-,26+,34+,35-,36+,39?,40-,41+/m0/s1. The summed E-state index contributed by atoms with van der Waals surface area (Å²) in [5, 5.41) is 64.1. The zero-order chi connectivity index (χ0) is 42.2. The number of aliphatic hydroxyl groups excluding tert-OH is 2. The third-order valence-electron chi connectivity index (χ3n) is 11.6. The van der Waals surface area contributed by atoms with Crippen molar-refractivity contribution >= 4 is 29.0 Å². The summed E-state index contributed by atoms with van der Waals surface area (Å²) in [5.74, 6) is -7.52. The average Bonchev–Trinajstić information content (AvgIpc) is 3.17. The highest BCUT2D eigenvalue weighted by Gasteiger charge is 2.72. The van der Waals surface area contributed by atoms with Crippen LogP contribution in [0.15, 0.2) is 48.2 Å². The summed E-state index contributed by atoms with van der Waals surface area (Å²) in [7, 11) is 3.59. The van der Waals surface area contributed by atoms with E-state index in [1.54, 1.807) is 13.8 Å². The molecule has 3 aliphatic carbocycles. The lowest BCUT2D eigenvalue weighted by atomic mass is 9.56. The summed E-state index contributed by atoms with van der Waals surface area (Å²) in [6.07, 6.45) is -7.09. The van der Waals surface area contributed by atoms with E-state index >= 15 is 0 Å². The quantitative estimate of drug-likeness (QED) is 0.159. The van der Waals surface area contributed by atoms with Gasteiger partial charge in [-0.05, 0) is 48.7 Å². The van der Waals surface area contributed by atoms with Crippen LogP contribution in [0.1, 0.15) is 76.2 Å². The highest BCUT2D eigenvalue weighted by atomic mass is 19.1. The fourth-order valence-electron chi connectivity index (χ4n) is 8.78. The van der Waals surface area contributed by atoms with Crippen molar-refractivity contribution in [2.75, 3.05) is 21.3 Å². The number of aliphatic hydroxyl groups is 3. The number of ether oxygens (including phenoxy) is 4. The molecule has 1 amide bonds. The van der Waals surface area contributed by atoms with Crippen LogP contribution in [-0.4, -0.2) is 118 Å². The van der Waals surface area contributed by atoms with Crippen molar-refractivity contribution in [3.63, 3.8) is 0 Å². The minimum Gasteiger partial charge on any atom is -0.507 e. The van der Waals surface area contributed by atoms with Crippen LogP contribution in [0.2, 0.25) is 0 Å². The summed E-state index contributed by atoms with van der Waals surface area (Å²) < 4.78 is 35.6. The number of allylic oxidation sites excluding steroid dienone is 2. The number of aryl methyl sites for hydroxylation is 1. The summed E-state index contributed by atoms with van der Waals surface area (Å²) in [6.45, 7) is 3.17. The van der Waals surface area contributed by atoms with Gasteiger partial charge in [0, 0.05) is 62.6 Å². The van der Waals surface area contributed by atoms with Gasteiger partial charge in [-0.1, -0.05) is 18.2 Å². The first kappa shape index (κ1) is 40.8. The molecule has 0 aromatic heterocycles. The van der Waals surface area contributed by atoms with Gasteiger partial charge in [0.05, 0.1) is 35.5 Å². The first-order chi connectivity index (χ1) is 27.5. The number of methoxy groups -OCH3 is 3. The molecule has 58 heavy (non-hydrogen) atoms. The maximum atomic E-state index is 14.9. The lowest BCUT2D eigenvalue weighted by Crippen LogP contribution is -2.73. The summed E-state index contributed by atoms with van der Waals surface area (Å²) in [5.41, 5.74) is -8.87. The Bertz CT molecular complexity index is 2310. The van der Waals surface area contributed by atoms with Crippen molar-refractivity contribution in [1.82, 2.24) is 10.6 Å². The number of halogens is 1. The topological polar surface area (TPSA) is 247 Å². The first-order valence-corrected chi connectivity index (χ1v) is 18.2. The van der Waals surface area contributed by atoms with Crippen molar-refractivity contribution in [3.05, 3.63) is 104 Å². The Balaban J connectivity index is 1.29. The Morgan fingerprint density at radius 1 is 0.948 bits per heavy atom. The van der Waals surface area contributed by atoms with Gasteiger partial charge in [0.2, 0.25) is 23.3 Å². The third kappa shape index (κ3) is 5.87. The maximum absolute atomic E-state index is 14.9. The van der Waals surface area contributed by atoms with E-state index in [0.717, 1.165) is 19.3 Å². The second-order valence-electron chi connectivity index (χ2n) is 14.8. The van der Waals surface area contributed by atoms with Gasteiger partial charge in [-0.2, -0.15) is 0 Å². The van der Waals surface area contributed by atoms with Gasteiger partial charge in [-0.25, -0.2) is 4.39 Å². The molecule has 16 nitrogen and oxygen atoms in total. The molecular formula is C41H41FN2O14. The number of benzene rings is 3. The number of carbonyl (C=O) groups excluding carboxylic acids is 5. The molecule has 3 aromatic rings. The zero-order valence-corrected chi connectivity index (χ0v) is 31.9. The smallest absolute Gasteiger partial charge is 0.224 e. The van der Waals surface area contributed by atoms with E-state index in [0.29, 0.717) is 11.1 Å². The number of aromatic hydroxyl groups is 2. The molecule has 1 heterocycles. The number of Topliss-reactive ketones (excluding diaryl/α,β-unsaturated/α-hetero) is 3. The molecule has 1 fully saturated rings. The number of ketones is 4. The lowest BCUT2D eigenvalue weighted by Gasteiger charge is -2.53. The van der Waals surface area contributed by atoms with E-state index in [-0.39, 0.29) is 23.4 Å². The summed E-state index contributed by atoms with van der Waals surface area (Å²) in [4.78, 5) is 70.4. The second kappa shape index (κ2) is 14.8. The minimum atomic E-state index is -3.22. The SMILES string of the molecule is CO[C@@H]1[C@@H](O)[C@@H](OC)C(NC2=CC(=O)c3c(cc4c(c3O)C(=O)[C@]3(OC)[C@H](O)Cc5cc(C)c(CC(=O)NCc6ccc(F)cc6)c(O)c5[C@]3(O)C4=O)C2=O)O[C@H]1C. The van der Waals surface area contributed by atoms with E-state index < -0.39 is 135 Å². The van der Waals surface area contributed by atoms with Crippen molar-refractivity contribution in [1.29, 1.82) is 0 Å². The Kier molecular flexibility index (Phi) is 10.4. The van der Waals surface area contributed by atoms with E-state index in [4.69, 9.17) is 18.9 Å². The number of phenols is 2. The van der Waals surface area contributed by atoms with Gasteiger partial charge in [0.25, 0.3) is 0 Å². The van der Waals surface area contributed by atoms with Gasteiger partial charge in [0.1, 0.15) is 35.6 Å². The van der Waals surface area contributed by atoms with Crippen LogP contribution >= 0.6 is 0 Å². The Hall–Kier alpha value is -5.40. The number of rotatable bonds is 9. The van der Waals surface area contributed by atoms with Crippen LogP contribution in [0.25, 0.3) is 0 Å². The molecule has 1 unspecified atom stereocenters. The molecule has 1 saturated heterocycles. The molecule has 8 atom stereocenters. The second-order valence-corrected chi connectivity index (χ2v) is 14.8. The number of amides is 1. The normalized spacial score (nSPS) is 28.9. The Morgan fingerprint density at radius 2 is 1.62 bits per heavy atom. The summed E-state index contributed by atoms with van der Waals surface area (Å²) in [6, 6.07) is 7.70. The maximum Gasteiger partial charge on any atom is 0.224 e.